The predicted molar refractivity (Wildman–Crippen MR) is 65.0 cm³/mol. The highest BCUT2D eigenvalue weighted by Crippen LogP contribution is 2.22. The molecule has 0 bridgehead atoms. The number of imidazole rings is 1. The summed E-state index contributed by atoms with van der Waals surface area (Å²) < 4.78 is 1.90. The third kappa shape index (κ3) is 2.85. The summed E-state index contributed by atoms with van der Waals surface area (Å²) >= 11 is 0. The summed E-state index contributed by atoms with van der Waals surface area (Å²) in [6.07, 6.45) is 7.72. The van der Waals surface area contributed by atoms with Crippen molar-refractivity contribution in [1.82, 2.24) is 14.9 Å². The van der Waals surface area contributed by atoms with Crippen molar-refractivity contribution < 1.29 is 4.79 Å². The van der Waals surface area contributed by atoms with Crippen LogP contribution in [0.4, 0.5) is 0 Å². The molecule has 0 spiro atoms. The minimum absolute atomic E-state index is 0.0186. The molecule has 0 aromatic carbocycles. The zero-order chi connectivity index (χ0) is 12.3. The molecule has 5 nitrogen and oxygen atoms in total. The van der Waals surface area contributed by atoms with Crippen LogP contribution in [0.25, 0.3) is 0 Å². The van der Waals surface area contributed by atoms with Gasteiger partial charge < -0.3 is 15.6 Å². The molecule has 0 radical (unpaired) electrons. The monoisotopic (exact) mass is 236 g/mol. The maximum atomic E-state index is 12.0. The lowest BCUT2D eigenvalue weighted by Gasteiger charge is -2.27. The molecule has 2 atom stereocenters. The number of aromatic nitrogens is 2. The van der Waals surface area contributed by atoms with Crippen LogP contribution in [0.3, 0.4) is 0 Å². The molecule has 17 heavy (non-hydrogen) atoms. The van der Waals surface area contributed by atoms with Crippen molar-refractivity contribution in [2.75, 3.05) is 0 Å². The van der Waals surface area contributed by atoms with Crippen LogP contribution in [0.1, 0.15) is 31.5 Å². The van der Waals surface area contributed by atoms with Gasteiger partial charge in [0.25, 0.3) is 0 Å². The second-order valence-electron chi connectivity index (χ2n) is 4.73. The molecule has 5 heteroatoms. The second kappa shape index (κ2) is 5.31. The lowest BCUT2D eigenvalue weighted by atomic mass is 9.84. The summed E-state index contributed by atoms with van der Waals surface area (Å²) in [6, 6.07) is 0.0186. The first-order valence-corrected chi connectivity index (χ1v) is 6.18. The van der Waals surface area contributed by atoms with E-state index in [9.17, 15) is 4.79 Å². The van der Waals surface area contributed by atoms with Gasteiger partial charge in [-0.3, -0.25) is 4.79 Å². The lowest BCUT2D eigenvalue weighted by Crippen LogP contribution is -2.43. The molecule has 1 aromatic heterocycles. The van der Waals surface area contributed by atoms with Crippen LogP contribution in [-0.2, 0) is 18.4 Å². The van der Waals surface area contributed by atoms with Crippen molar-refractivity contribution in [3.63, 3.8) is 0 Å². The first-order valence-electron chi connectivity index (χ1n) is 6.18. The Hall–Kier alpha value is -1.36. The summed E-state index contributed by atoms with van der Waals surface area (Å²) in [7, 11) is 1.92. The molecular formula is C12H20N4O. The highest BCUT2D eigenvalue weighted by Gasteiger charge is 2.27. The third-order valence-electron chi connectivity index (χ3n) is 3.50. The van der Waals surface area contributed by atoms with Gasteiger partial charge in [-0.15, -0.1) is 0 Å². The first-order chi connectivity index (χ1) is 8.18. The van der Waals surface area contributed by atoms with Crippen LogP contribution in [0.15, 0.2) is 12.4 Å². The lowest BCUT2D eigenvalue weighted by molar-refractivity contribution is -0.126. The van der Waals surface area contributed by atoms with Crippen molar-refractivity contribution >= 4 is 5.91 Å². The summed E-state index contributed by atoms with van der Waals surface area (Å²) in [6.45, 7) is 0.478. The van der Waals surface area contributed by atoms with Crippen LogP contribution in [0.2, 0.25) is 0 Å². The van der Waals surface area contributed by atoms with Crippen molar-refractivity contribution in [1.29, 1.82) is 0 Å². The Morgan fingerprint density at radius 1 is 1.59 bits per heavy atom. The molecule has 1 amide bonds. The van der Waals surface area contributed by atoms with Crippen LogP contribution in [-0.4, -0.2) is 21.5 Å². The Labute approximate surface area is 101 Å². The standard InChI is InChI=1S/C12H20N4O/c1-16-7-6-14-11(16)8-15-12(17)9-4-2-3-5-10(9)13/h6-7,9-10H,2-5,8,13H2,1H3,(H,15,17). The first kappa shape index (κ1) is 12.1. The number of hydrogen-bond donors (Lipinski definition) is 2. The molecule has 0 saturated heterocycles. The Kier molecular flexibility index (Phi) is 3.78. The summed E-state index contributed by atoms with van der Waals surface area (Å²) in [4.78, 5) is 16.2. The van der Waals surface area contributed by atoms with E-state index in [4.69, 9.17) is 5.73 Å². The van der Waals surface area contributed by atoms with Gasteiger partial charge in [0, 0.05) is 25.5 Å². The third-order valence-corrected chi connectivity index (χ3v) is 3.50. The van der Waals surface area contributed by atoms with Gasteiger partial charge in [-0.2, -0.15) is 0 Å². The summed E-state index contributed by atoms with van der Waals surface area (Å²) in [5.74, 6) is 0.909. The van der Waals surface area contributed by atoms with Gasteiger partial charge >= 0.3 is 0 Å². The van der Waals surface area contributed by atoms with Crippen LogP contribution in [0.5, 0.6) is 0 Å². The van der Waals surface area contributed by atoms with E-state index in [1.807, 2.05) is 17.8 Å². The van der Waals surface area contributed by atoms with Gasteiger partial charge in [0.1, 0.15) is 5.82 Å². The van der Waals surface area contributed by atoms with Crippen molar-refractivity contribution in [3.8, 4) is 0 Å². The minimum atomic E-state index is -0.0241. The van der Waals surface area contributed by atoms with E-state index >= 15 is 0 Å². The fraction of sp³-hybridized carbons (Fsp3) is 0.667. The molecule has 0 aliphatic heterocycles. The number of rotatable bonds is 3. The number of carbonyl (C=O) groups excluding carboxylic acids is 1. The summed E-state index contributed by atoms with van der Waals surface area (Å²) in [5.41, 5.74) is 5.98. The van der Waals surface area contributed by atoms with E-state index in [2.05, 4.69) is 10.3 Å². The Bertz CT molecular complexity index is 388. The Morgan fingerprint density at radius 2 is 2.35 bits per heavy atom. The topological polar surface area (TPSA) is 72.9 Å². The number of amides is 1. The predicted octanol–water partition coefficient (Wildman–Crippen LogP) is 0.554. The molecular weight excluding hydrogens is 216 g/mol. The molecule has 1 saturated carbocycles. The van der Waals surface area contributed by atoms with E-state index in [-0.39, 0.29) is 17.9 Å². The van der Waals surface area contributed by atoms with E-state index in [1.165, 1.54) is 0 Å². The highest BCUT2D eigenvalue weighted by atomic mass is 16.1. The number of nitrogens with two attached hydrogens (primary N) is 1. The minimum Gasteiger partial charge on any atom is -0.349 e. The molecule has 1 aliphatic rings. The average Bonchev–Trinajstić information content (AvgIpc) is 2.72. The number of carbonyl (C=O) groups is 1. The van der Waals surface area contributed by atoms with Crippen LogP contribution in [0, 0.1) is 5.92 Å². The molecule has 1 aliphatic carbocycles. The van der Waals surface area contributed by atoms with Gasteiger partial charge in [-0.25, -0.2) is 4.98 Å². The zero-order valence-electron chi connectivity index (χ0n) is 10.2. The molecule has 1 fully saturated rings. The maximum absolute atomic E-state index is 12.0. The Morgan fingerprint density at radius 3 is 3.00 bits per heavy atom. The number of nitrogens with zero attached hydrogens (tertiary/aromatic N) is 2. The van der Waals surface area contributed by atoms with Gasteiger partial charge in [0.15, 0.2) is 0 Å². The van der Waals surface area contributed by atoms with Crippen LogP contribution >= 0.6 is 0 Å². The molecule has 94 valence electrons. The average molecular weight is 236 g/mol. The van der Waals surface area contributed by atoms with Gasteiger partial charge in [0.05, 0.1) is 12.5 Å². The number of hydrogen-bond acceptors (Lipinski definition) is 3. The highest BCUT2D eigenvalue weighted by molar-refractivity contribution is 5.79. The molecule has 1 heterocycles. The fourth-order valence-electron chi connectivity index (χ4n) is 2.35. The molecule has 1 aromatic rings. The van der Waals surface area contributed by atoms with E-state index in [0.29, 0.717) is 6.54 Å². The fourth-order valence-corrected chi connectivity index (χ4v) is 2.35. The van der Waals surface area contributed by atoms with E-state index in [1.54, 1.807) is 6.20 Å². The van der Waals surface area contributed by atoms with Crippen LogP contribution < -0.4 is 11.1 Å². The number of nitrogens with one attached hydrogen (secondary N) is 1. The van der Waals surface area contributed by atoms with Gasteiger partial charge in [-0.05, 0) is 12.8 Å². The van der Waals surface area contributed by atoms with E-state index in [0.717, 1.165) is 31.5 Å². The van der Waals surface area contributed by atoms with Gasteiger partial charge in [0.2, 0.25) is 5.91 Å². The number of aryl methyl sites for hydroxylation is 1. The largest absolute Gasteiger partial charge is 0.349 e. The van der Waals surface area contributed by atoms with E-state index < -0.39 is 0 Å². The zero-order valence-corrected chi connectivity index (χ0v) is 10.2. The van der Waals surface area contributed by atoms with Crippen molar-refractivity contribution in [3.05, 3.63) is 18.2 Å². The van der Waals surface area contributed by atoms with Gasteiger partial charge in [-0.1, -0.05) is 12.8 Å². The summed E-state index contributed by atoms with van der Waals surface area (Å²) in [5, 5.41) is 2.92. The SMILES string of the molecule is Cn1ccnc1CNC(=O)C1CCCCC1N. The molecule has 3 N–H and O–H groups in total. The second-order valence-corrected chi connectivity index (χ2v) is 4.73. The quantitative estimate of drug-likeness (QED) is 0.805. The normalized spacial score (nSPS) is 24.6. The van der Waals surface area contributed by atoms with Crippen molar-refractivity contribution in [2.24, 2.45) is 18.7 Å². The smallest absolute Gasteiger partial charge is 0.225 e. The maximum Gasteiger partial charge on any atom is 0.225 e. The molecule has 2 rings (SSSR count). The van der Waals surface area contributed by atoms with Crippen molar-refractivity contribution in [2.45, 2.75) is 38.3 Å². The molecule has 2 unspecified atom stereocenters. The Balaban J connectivity index is 1.86.